The summed E-state index contributed by atoms with van der Waals surface area (Å²) in [6.45, 7) is 7.21. The number of hydrazone groups is 1. The first-order valence-electron chi connectivity index (χ1n) is 9.79. The Bertz CT molecular complexity index is 880. The van der Waals surface area contributed by atoms with E-state index in [1.807, 2.05) is 4.90 Å². The van der Waals surface area contributed by atoms with Crippen molar-refractivity contribution in [1.82, 2.24) is 15.6 Å². The van der Waals surface area contributed by atoms with Gasteiger partial charge >= 0.3 is 6.03 Å². The molecular weight excluding hydrogens is 393 g/mol. The molecule has 2 N–H and O–H groups in total. The number of morpholine rings is 1. The summed E-state index contributed by atoms with van der Waals surface area (Å²) in [4.78, 5) is 38.9. The van der Waals surface area contributed by atoms with Gasteiger partial charge in [0.05, 0.1) is 24.6 Å². The van der Waals surface area contributed by atoms with Crippen LogP contribution in [0.2, 0.25) is 0 Å². The molecule has 0 spiro atoms. The van der Waals surface area contributed by atoms with Crippen molar-refractivity contribution >= 4 is 29.2 Å². The zero-order chi connectivity index (χ0) is 21.9. The summed E-state index contributed by atoms with van der Waals surface area (Å²) in [5.41, 5.74) is 2.90. The molecule has 2 fully saturated rings. The van der Waals surface area contributed by atoms with Crippen molar-refractivity contribution in [3.8, 4) is 0 Å². The highest BCUT2D eigenvalue weighted by atomic mass is 19.1. The third-order valence-electron chi connectivity index (χ3n) is 5.07. The van der Waals surface area contributed by atoms with E-state index in [4.69, 9.17) is 4.74 Å². The van der Waals surface area contributed by atoms with Gasteiger partial charge in [-0.2, -0.15) is 5.10 Å². The van der Waals surface area contributed by atoms with Crippen LogP contribution in [0.5, 0.6) is 0 Å². The fourth-order valence-corrected chi connectivity index (χ4v) is 3.29. The first kappa shape index (κ1) is 21.7. The second-order valence-electron chi connectivity index (χ2n) is 7.76. The Morgan fingerprint density at radius 1 is 1.30 bits per heavy atom. The molecule has 1 aromatic rings. The molecule has 0 unspecified atom stereocenters. The van der Waals surface area contributed by atoms with Crippen molar-refractivity contribution < 1.29 is 23.5 Å². The van der Waals surface area contributed by atoms with Gasteiger partial charge in [0, 0.05) is 31.6 Å². The van der Waals surface area contributed by atoms with Gasteiger partial charge in [-0.3, -0.25) is 14.5 Å². The van der Waals surface area contributed by atoms with E-state index in [-0.39, 0.29) is 24.7 Å². The summed E-state index contributed by atoms with van der Waals surface area (Å²) < 4.78 is 19.8. The van der Waals surface area contributed by atoms with E-state index in [1.165, 1.54) is 6.07 Å². The highest BCUT2D eigenvalue weighted by molar-refractivity contribution is 6.06. The Labute approximate surface area is 174 Å². The van der Waals surface area contributed by atoms with Crippen LogP contribution in [-0.4, -0.2) is 66.8 Å². The molecule has 1 aromatic carbocycles. The fourth-order valence-electron chi connectivity index (χ4n) is 3.29. The van der Waals surface area contributed by atoms with E-state index in [9.17, 15) is 18.8 Å². The SMILES string of the molecule is C/C(=N/NC(=O)CCN1C(=O)NC(C)(C)C1=O)c1ccc(N2CCOCC2)c(F)c1. The van der Waals surface area contributed by atoms with Crippen LogP contribution >= 0.6 is 0 Å². The minimum atomic E-state index is -0.972. The summed E-state index contributed by atoms with van der Waals surface area (Å²) in [5, 5.41) is 6.56. The molecule has 0 aliphatic carbocycles. The Kier molecular flexibility index (Phi) is 6.35. The molecule has 30 heavy (non-hydrogen) atoms. The molecule has 2 aliphatic heterocycles. The summed E-state index contributed by atoms with van der Waals surface area (Å²) in [5.74, 6) is -1.20. The average molecular weight is 419 g/mol. The number of rotatable bonds is 6. The van der Waals surface area contributed by atoms with Crippen LogP contribution in [0, 0.1) is 5.82 Å². The first-order chi connectivity index (χ1) is 14.2. The zero-order valence-electron chi connectivity index (χ0n) is 17.3. The van der Waals surface area contributed by atoms with Crippen molar-refractivity contribution in [3.05, 3.63) is 29.6 Å². The lowest BCUT2D eigenvalue weighted by molar-refractivity contribution is -0.130. The normalized spacial score (nSPS) is 19.1. The largest absolute Gasteiger partial charge is 0.378 e. The number of benzene rings is 1. The van der Waals surface area contributed by atoms with Gasteiger partial charge in [-0.1, -0.05) is 6.07 Å². The summed E-state index contributed by atoms with van der Waals surface area (Å²) in [6.07, 6.45) is -0.0870. The van der Waals surface area contributed by atoms with E-state index in [0.717, 1.165) is 4.90 Å². The number of imide groups is 1. The Morgan fingerprint density at radius 3 is 2.60 bits per heavy atom. The van der Waals surface area contributed by atoms with Gasteiger partial charge in [0.1, 0.15) is 11.4 Å². The molecule has 0 aromatic heterocycles. The number of carbonyl (C=O) groups is 3. The van der Waals surface area contributed by atoms with Crippen LogP contribution in [0.1, 0.15) is 32.8 Å². The molecule has 2 aliphatic rings. The summed E-state index contributed by atoms with van der Waals surface area (Å²) in [6, 6.07) is 4.29. The molecular formula is C20H26FN5O4. The van der Waals surface area contributed by atoms with Crippen LogP contribution in [0.15, 0.2) is 23.3 Å². The standard InChI is InChI=1S/C20H26FN5O4/c1-13(14-4-5-16(15(21)12-14)25-8-10-30-11-9-25)23-24-17(27)6-7-26-18(28)20(2,3)22-19(26)29/h4-5,12H,6-11H2,1-3H3,(H,22,29)(H,24,27)/b23-13-. The third kappa shape index (κ3) is 4.76. The number of hydrogen-bond acceptors (Lipinski definition) is 6. The number of amides is 4. The van der Waals surface area contributed by atoms with E-state index in [0.29, 0.717) is 43.3 Å². The van der Waals surface area contributed by atoms with Crippen LogP contribution in [0.4, 0.5) is 14.9 Å². The number of nitrogens with one attached hydrogen (secondary N) is 2. The van der Waals surface area contributed by atoms with E-state index in [2.05, 4.69) is 15.8 Å². The topological polar surface area (TPSA) is 103 Å². The molecule has 0 bridgehead atoms. The molecule has 0 atom stereocenters. The monoisotopic (exact) mass is 419 g/mol. The van der Waals surface area contributed by atoms with Crippen molar-refractivity contribution in [1.29, 1.82) is 0 Å². The molecule has 0 radical (unpaired) electrons. The second kappa shape index (κ2) is 8.78. The second-order valence-corrected chi connectivity index (χ2v) is 7.76. The number of urea groups is 1. The van der Waals surface area contributed by atoms with Gasteiger partial charge in [0.15, 0.2) is 0 Å². The number of anilines is 1. The minimum Gasteiger partial charge on any atom is -0.378 e. The smallest absolute Gasteiger partial charge is 0.325 e. The van der Waals surface area contributed by atoms with Crippen molar-refractivity contribution in [2.75, 3.05) is 37.7 Å². The molecule has 10 heteroatoms. The van der Waals surface area contributed by atoms with E-state index < -0.39 is 17.5 Å². The number of carbonyl (C=O) groups excluding carboxylic acids is 3. The number of nitrogens with zero attached hydrogens (tertiary/aromatic N) is 3. The Hall–Kier alpha value is -3.01. The molecule has 9 nitrogen and oxygen atoms in total. The highest BCUT2D eigenvalue weighted by Crippen LogP contribution is 2.22. The van der Waals surface area contributed by atoms with Gasteiger partial charge in [0.2, 0.25) is 5.91 Å². The molecule has 2 heterocycles. The van der Waals surface area contributed by atoms with Crippen LogP contribution in [-0.2, 0) is 14.3 Å². The van der Waals surface area contributed by atoms with Crippen LogP contribution < -0.4 is 15.6 Å². The Morgan fingerprint density at radius 2 is 2.00 bits per heavy atom. The fraction of sp³-hybridized carbons (Fsp3) is 0.500. The maximum absolute atomic E-state index is 14.5. The molecule has 162 valence electrons. The van der Waals surface area contributed by atoms with Gasteiger partial charge in [-0.15, -0.1) is 0 Å². The van der Waals surface area contributed by atoms with Gasteiger partial charge in [-0.05, 0) is 32.9 Å². The van der Waals surface area contributed by atoms with E-state index in [1.54, 1.807) is 32.9 Å². The van der Waals surface area contributed by atoms with E-state index >= 15 is 0 Å². The number of ether oxygens (including phenoxy) is 1. The predicted molar refractivity (Wildman–Crippen MR) is 109 cm³/mol. The van der Waals surface area contributed by atoms with Crippen LogP contribution in [0.3, 0.4) is 0 Å². The molecule has 4 amide bonds. The number of hydrogen-bond donors (Lipinski definition) is 2. The molecule has 3 rings (SSSR count). The highest BCUT2D eigenvalue weighted by Gasteiger charge is 2.43. The maximum atomic E-state index is 14.5. The van der Waals surface area contributed by atoms with Crippen molar-refractivity contribution in [2.24, 2.45) is 5.10 Å². The van der Waals surface area contributed by atoms with Gasteiger partial charge in [-0.25, -0.2) is 14.6 Å². The molecule has 0 saturated carbocycles. The minimum absolute atomic E-state index is 0.0443. The lowest BCUT2D eigenvalue weighted by atomic mass is 10.1. The summed E-state index contributed by atoms with van der Waals surface area (Å²) >= 11 is 0. The predicted octanol–water partition coefficient (Wildman–Crippen LogP) is 1.22. The van der Waals surface area contributed by atoms with Gasteiger partial charge in [0.25, 0.3) is 5.91 Å². The lowest BCUT2D eigenvalue weighted by Crippen LogP contribution is -2.40. The lowest BCUT2D eigenvalue weighted by Gasteiger charge is -2.29. The first-order valence-corrected chi connectivity index (χ1v) is 9.79. The van der Waals surface area contributed by atoms with Crippen LogP contribution in [0.25, 0.3) is 0 Å². The van der Waals surface area contributed by atoms with Gasteiger partial charge < -0.3 is 15.0 Å². The van der Waals surface area contributed by atoms with Crippen molar-refractivity contribution in [3.63, 3.8) is 0 Å². The maximum Gasteiger partial charge on any atom is 0.325 e. The molecule has 2 saturated heterocycles. The zero-order valence-corrected chi connectivity index (χ0v) is 17.3. The summed E-state index contributed by atoms with van der Waals surface area (Å²) in [7, 11) is 0. The van der Waals surface area contributed by atoms with Crippen molar-refractivity contribution in [2.45, 2.75) is 32.7 Å². The quantitative estimate of drug-likeness (QED) is 0.410. The number of halogens is 1. The third-order valence-corrected chi connectivity index (χ3v) is 5.07. The Balaban J connectivity index is 1.55. The average Bonchev–Trinajstić information content (AvgIpc) is 2.91.